The number of aldehydes is 1. The number of carbonyl (C=O) groups is 1. The van der Waals surface area contributed by atoms with E-state index in [2.05, 4.69) is 17.8 Å². The van der Waals surface area contributed by atoms with Gasteiger partial charge in [-0.3, -0.25) is 4.79 Å². The molecule has 0 atom stereocenters. The van der Waals surface area contributed by atoms with Gasteiger partial charge in [0.05, 0.1) is 0 Å². The summed E-state index contributed by atoms with van der Waals surface area (Å²) in [5.41, 5.74) is 0.0208. The molecule has 1 heterocycles. The lowest BCUT2D eigenvalue weighted by atomic mass is 10.5. The topological polar surface area (TPSA) is 55.1 Å². The molecule has 1 aromatic heterocycles. The Bertz CT molecular complexity index is 269. The lowest BCUT2D eigenvalue weighted by molar-refractivity contribution is 0.111. The molecule has 10 heavy (non-hydrogen) atoms. The molecule has 0 aromatic carbocycles. The van der Waals surface area contributed by atoms with Crippen molar-refractivity contribution in [1.29, 1.82) is 0 Å². The molecule has 1 aromatic rings. The number of aromatic hydroxyl groups is 1. The number of imidazole rings is 1. The summed E-state index contributed by atoms with van der Waals surface area (Å²) in [5.74, 6) is 0.277. The van der Waals surface area contributed by atoms with Gasteiger partial charge in [0, 0.05) is 0 Å². The molecule has 0 spiro atoms. The Labute approximate surface area is 63.0 Å². The van der Waals surface area contributed by atoms with Crippen molar-refractivity contribution in [2.75, 3.05) is 0 Å². The summed E-state index contributed by atoms with van der Waals surface area (Å²) in [4.78, 5) is 13.8. The third-order valence-electron chi connectivity index (χ3n) is 1.13. The van der Waals surface area contributed by atoms with Crippen molar-refractivity contribution in [2.45, 2.75) is 6.92 Å². The van der Waals surface area contributed by atoms with Gasteiger partial charge in [-0.25, -0.2) is 8.96 Å². The Kier molecular flexibility index (Phi) is 1.67. The number of carbonyl (C=O) groups excluding carboxylic acids is 1. The van der Waals surface area contributed by atoms with E-state index in [1.165, 1.54) is 0 Å². The van der Waals surface area contributed by atoms with Crippen LogP contribution < -0.4 is 0 Å². The molecule has 1 rings (SSSR count). The Morgan fingerprint density at radius 2 is 2.40 bits per heavy atom. The molecule has 0 aliphatic rings. The molecule has 0 aliphatic heterocycles. The van der Waals surface area contributed by atoms with E-state index in [1.54, 1.807) is 6.92 Å². The number of rotatable bonds is 1. The van der Waals surface area contributed by atoms with Crippen molar-refractivity contribution in [2.24, 2.45) is 0 Å². The van der Waals surface area contributed by atoms with Gasteiger partial charge in [-0.2, -0.15) is 0 Å². The maximum absolute atomic E-state index is 10.1. The zero-order valence-electron chi connectivity index (χ0n) is 5.27. The first-order valence-electron chi connectivity index (χ1n) is 2.59. The molecule has 5 heteroatoms. The summed E-state index contributed by atoms with van der Waals surface area (Å²) in [5, 5.41) is 9.01. The maximum Gasteiger partial charge on any atom is 0.232 e. The molecule has 0 aliphatic carbocycles. The van der Waals surface area contributed by atoms with Crippen LogP contribution >= 0.6 is 12.8 Å². The molecule has 0 unspecified atom stereocenters. The van der Waals surface area contributed by atoms with Gasteiger partial charge < -0.3 is 5.11 Å². The third kappa shape index (κ3) is 0.881. The van der Waals surface area contributed by atoms with Crippen molar-refractivity contribution in [1.82, 2.24) is 8.96 Å². The maximum atomic E-state index is 10.1. The second-order valence-electron chi connectivity index (χ2n) is 1.80. The van der Waals surface area contributed by atoms with Crippen LogP contribution in [-0.4, -0.2) is 20.3 Å². The molecule has 54 valence electrons. The summed E-state index contributed by atoms with van der Waals surface area (Å²) in [6, 6.07) is 0. The minimum Gasteiger partial charge on any atom is -0.492 e. The van der Waals surface area contributed by atoms with E-state index in [1.807, 2.05) is 0 Å². The van der Waals surface area contributed by atoms with Gasteiger partial charge in [-0.1, -0.05) is 12.8 Å². The van der Waals surface area contributed by atoms with E-state index in [9.17, 15) is 4.79 Å². The van der Waals surface area contributed by atoms with Gasteiger partial charge in [0.15, 0.2) is 12.0 Å². The molecule has 0 fully saturated rings. The van der Waals surface area contributed by atoms with Crippen LogP contribution in [0.1, 0.15) is 16.3 Å². The monoisotopic (exact) mass is 158 g/mol. The SMILES string of the molecule is Cc1nc(C=O)c(O)n1S. The highest BCUT2D eigenvalue weighted by molar-refractivity contribution is 7.78. The summed E-state index contributed by atoms with van der Waals surface area (Å²) < 4.78 is 1.14. The summed E-state index contributed by atoms with van der Waals surface area (Å²) in [7, 11) is 0. The minimum atomic E-state index is -0.212. The lowest BCUT2D eigenvalue weighted by Crippen LogP contribution is -1.81. The highest BCUT2D eigenvalue weighted by atomic mass is 32.1. The standard InChI is InChI=1S/C5H6N2O2S/c1-3-6-4(2-8)5(9)7(3)10/h2,9-10H,1H3. The quantitative estimate of drug-likeness (QED) is 0.459. The highest BCUT2D eigenvalue weighted by Crippen LogP contribution is 2.17. The van der Waals surface area contributed by atoms with Gasteiger partial charge in [-0.05, 0) is 6.92 Å². The Morgan fingerprint density at radius 1 is 1.80 bits per heavy atom. The molecule has 4 nitrogen and oxygen atoms in total. The highest BCUT2D eigenvalue weighted by Gasteiger charge is 2.09. The Morgan fingerprint density at radius 3 is 2.60 bits per heavy atom. The third-order valence-corrected chi connectivity index (χ3v) is 1.61. The molecule has 0 saturated heterocycles. The summed E-state index contributed by atoms with van der Waals surface area (Å²) in [6.07, 6.45) is 0.481. The fourth-order valence-electron chi connectivity index (χ4n) is 0.613. The lowest BCUT2D eigenvalue weighted by Gasteiger charge is -1.91. The smallest absolute Gasteiger partial charge is 0.232 e. The van der Waals surface area contributed by atoms with E-state index in [0.717, 1.165) is 3.97 Å². The van der Waals surface area contributed by atoms with Gasteiger partial charge in [0.1, 0.15) is 5.82 Å². The zero-order valence-corrected chi connectivity index (χ0v) is 6.17. The fourth-order valence-corrected chi connectivity index (χ4v) is 0.760. The number of aromatic nitrogens is 2. The average Bonchev–Trinajstić information content (AvgIpc) is 2.17. The van der Waals surface area contributed by atoms with Gasteiger partial charge in [-0.15, -0.1) is 0 Å². The number of nitrogens with zero attached hydrogens (tertiary/aromatic N) is 2. The first-order chi connectivity index (χ1) is 4.66. The van der Waals surface area contributed by atoms with Crippen LogP contribution in [0.4, 0.5) is 0 Å². The second kappa shape index (κ2) is 2.34. The molecule has 0 saturated carbocycles. The van der Waals surface area contributed by atoms with Crippen LogP contribution in [0, 0.1) is 6.92 Å². The summed E-state index contributed by atoms with van der Waals surface area (Å²) in [6.45, 7) is 1.64. The molecule has 0 radical (unpaired) electrons. The fraction of sp³-hybridized carbons (Fsp3) is 0.200. The van der Waals surface area contributed by atoms with Crippen LogP contribution in [0.3, 0.4) is 0 Å². The first-order valence-corrected chi connectivity index (χ1v) is 2.99. The Hall–Kier alpha value is -0.970. The minimum absolute atomic E-state index is 0.0208. The van der Waals surface area contributed by atoms with Gasteiger partial charge >= 0.3 is 0 Å². The molecular weight excluding hydrogens is 152 g/mol. The largest absolute Gasteiger partial charge is 0.492 e. The molecule has 0 amide bonds. The molecular formula is C5H6N2O2S. The van der Waals surface area contributed by atoms with Crippen molar-refractivity contribution < 1.29 is 9.90 Å². The van der Waals surface area contributed by atoms with Crippen molar-refractivity contribution in [3.05, 3.63) is 11.5 Å². The second-order valence-corrected chi connectivity index (χ2v) is 2.20. The van der Waals surface area contributed by atoms with E-state index in [-0.39, 0.29) is 11.6 Å². The average molecular weight is 158 g/mol. The predicted octanol–water partition coefficient (Wildman–Crippen LogP) is 0.403. The van der Waals surface area contributed by atoms with Crippen molar-refractivity contribution in [3.63, 3.8) is 0 Å². The van der Waals surface area contributed by atoms with Crippen LogP contribution in [0.2, 0.25) is 0 Å². The van der Waals surface area contributed by atoms with E-state index >= 15 is 0 Å². The van der Waals surface area contributed by atoms with Crippen LogP contribution in [0.15, 0.2) is 0 Å². The molecule has 1 N–H and O–H groups in total. The van der Waals surface area contributed by atoms with E-state index in [4.69, 9.17) is 5.11 Å². The van der Waals surface area contributed by atoms with E-state index < -0.39 is 0 Å². The van der Waals surface area contributed by atoms with Crippen molar-refractivity contribution in [3.8, 4) is 5.88 Å². The number of hydrogen-bond donors (Lipinski definition) is 2. The number of hydrogen-bond acceptors (Lipinski definition) is 4. The number of thiol groups is 1. The predicted molar refractivity (Wildman–Crippen MR) is 38.4 cm³/mol. The number of aryl methyl sites for hydroxylation is 1. The van der Waals surface area contributed by atoms with Crippen molar-refractivity contribution >= 4 is 19.1 Å². The van der Waals surface area contributed by atoms with Crippen LogP contribution in [-0.2, 0) is 0 Å². The van der Waals surface area contributed by atoms with E-state index in [0.29, 0.717) is 12.1 Å². The molecule has 0 bridgehead atoms. The van der Waals surface area contributed by atoms with Crippen LogP contribution in [0.25, 0.3) is 0 Å². The Balaban J connectivity index is 3.30. The zero-order chi connectivity index (χ0) is 7.72. The van der Waals surface area contributed by atoms with Crippen LogP contribution in [0.5, 0.6) is 5.88 Å². The normalized spacial score (nSPS) is 9.80. The summed E-state index contributed by atoms with van der Waals surface area (Å²) >= 11 is 3.83. The van der Waals surface area contributed by atoms with Gasteiger partial charge in [0.2, 0.25) is 5.88 Å². The first kappa shape index (κ1) is 7.14. The van der Waals surface area contributed by atoms with Gasteiger partial charge in [0.25, 0.3) is 0 Å².